The Kier molecular flexibility index (Phi) is 7.19. The van der Waals surface area contributed by atoms with Crippen LogP contribution >= 0.6 is 0 Å². The third kappa shape index (κ3) is 5.17. The number of nitrogens with one attached hydrogen (secondary N) is 1. The van der Waals surface area contributed by atoms with Crippen molar-refractivity contribution in [2.45, 2.75) is 51.4 Å². The lowest BCUT2D eigenvalue weighted by Crippen LogP contribution is -2.50. The number of likely N-dealkylation sites (tertiary alicyclic amines) is 1. The predicted octanol–water partition coefficient (Wildman–Crippen LogP) is 2.25. The number of nitrogen functional groups attached to an aromatic ring is 1. The van der Waals surface area contributed by atoms with E-state index in [4.69, 9.17) is 10.5 Å². The first-order valence-electron chi connectivity index (χ1n) is 11.3. The molecular weight excluding hydrogens is 406 g/mol. The van der Waals surface area contributed by atoms with Gasteiger partial charge in [-0.05, 0) is 24.0 Å². The molecule has 4 rings (SSSR count). The van der Waals surface area contributed by atoms with Gasteiger partial charge in [-0.15, -0.1) is 0 Å². The minimum absolute atomic E-state index is 0.115. The molecule has 1 fully saturated rings. The molecule has 1 aliphatic rings. The van der Waals surface area contributed by atoms with E-state index in [1.54, 1.807) is 13.3 Å². The van der Waals surface area contributed by atoms with Crippen LogP contribution in [0.3, 0.4) is 0 Å². The molecule has 1 aromatic carbocycles. The number of anilines is 2. The Morgan fingerprint density at radius 2 is 1.88 bits per heavy atom. The van der Waals surface area contributed by atoms with E-state index in [-0.39, 0.29) is 18.6 Å². The second kappa shape index (κ2) is 10.2. The number of benzene rings is 1. The predicted molar refractivity (Wildman–Crippen MR) is 125 cm³/mol. The number of rotatable bonds is 11. The van der Waals surface area contributed by atoms with Gasteiger partial charge in [0.25, 0.3) is 0 Å². The van der Waals surface area contributed by atoms with Crippen LogP contribution in [0.1, 0.15) is 37.3 Å². The van der Waals surface area contributed by atoms with E-state index in [2.05, 4.69) is 56.5 Å². The van der Waals surface area contributed by atoms with Crippen molar-refractivity contribution in [1.82, 2.24) is 24.6 Å². The van der Waals surface area contributed by atoms with Crippen molar-refractivity contribution in [2.24, 2.45) is 0 Å². The molecule has 0 unspecified atom stereocenters. The number of methoxy groups -OCH3 is 1. The van der Waals surface area contributed by atoms with Crippen molar-refractivity contribution >= 4 is 22.8 Å². The lowest BCUT2D eigenvalue weighted by Gasteiger charge is -2.38. The number of hydrogen-bond donors (Lipinski definition) is 3. The summed E-state index contributed by atoms with van der Waals surface area (Å²) in [6.07, 6.45) is 4.69. The van der Waals surface area contributed by atoms with Gasteiger partial charge < -0.3 is 20.9 Å². The topological polar surface area (TPSA) is 114 Å². The summed E-state index contributed by atoms with van der Waals surface area (Å²) in [5.41, 5.74) is 9.92. The summed E-state index contributed by atoms with van der Waals surface area (Å²) in [6, 6.07) is 8.76. The van der Waals surface area contributed by atoms with Crippen molar-refractivity contribution < 1.29 is 9.84 Å². The molecule has 1 atom stereocenters. The Morgan fingerprint density at radius 3 is 2.53 bits per heavy atom. The van der Waals surface area contributed by atoms with E-state index >= 15 is 0 Å². The summed E-state index contributed by atoms with van der Waals surface area (Å²) < 4.78 is 7.26. The number of aliphatic hydroxyl groups excluding tert-OH is 1. The number of ether oxygens (including phenoxy) is 1. The molecule has 9 heteroatoms. The molecule has 2 aromatic heterocycles. The number of nitrogens with zero attached hydrogens (tertiary/aromatic N) is 5. The molecule has 0 aliphatic carbocycles. The summed E-state index contributed by atoms with van der Waals surface area (Å²) in [6.45, 7) is 5.78. The zero-order chi connectivity index (χ0) is 22.5. The van der Waals surface area contributed by atoms with E-state index in [1.807, 2.05) is 4.68 Å². The average molecular weight is 440 g/mol. The van der Waals surface area contributed by atoms with Gasteiger partial charge in [0.15, 0.2) is 5.82 Å². The van der Waals surface area contributed by atoms with Gasteiger partial charge in [-0.2, -0.15) is 10.1 Å². The highest BCUT2D eigenvalue weighted by molar-refractivity contribution is 5.86. The lowest BCUT2D eigenvalue weighted by molar-refractivity contribution is -0.0334. The lowest BCUT2D eigenvalue weighted by atomic mass is 10.1. The van der Waals surface area contributed by atoms with Gasteiger partial charge in [-0.3, -0.25) is 9.58 Å². The zero-order valence-electron chi connectivity index (χ0n) is 18.9. The quantitative estimate of drug-likeness (QED) is 0.417. The molecule has 0 bridgehead atoms. The number of fused-ring (bicyclic) bond motifs is 1. The molecule has 9 nitrogen and oxygen atoms in total. The molecule has 0 saturated carbocycles. The molecule has 0 spiro atoms. The van der Waals surface area contributed by atoms with Crippen LogP contribution in [0.15, 0.2) is 30.5 Å². The number of hydrogen-bond acceptors (Lipinski definition) is 8. The molecule has 1 saturated heterocycles. The highest BCUT2D eigenvalue weighted by atomic mass is 16.5. The van der Waals surface area contributed by atoms with Crippen molar-refractivity contribution in [3.05, 3.63) is 41.6 Å². The minimum atomic E-state index is 0.115. The summed E-state index contributed by atoms with van der Waals surface area (Å²) in [4.78, 5) is 11.2. The summed E-state index contributed by atoms with van der Waals surface area (Å²) in [5, 5.41) is 17.4. The maximum absolute atomic E-state index is 9.42. The maximum Gasteiger partial charge on any atom is 0.222 e. The smallest absolute Gasteiger partial charge is 0.222 e. The second-order valence-electron chi connectivity index (χ2n) is 8.48. The first kappa shape index (κ1) is 22.4. The zero-order valence-corrected chi connectivity index (χ0v) is 18.9. The molecule has 32 heavy (non-hydrogen) atoms. The van der Waals surface area contributed by atoms with Gasteiger partial charge in [0.05, 0.1) is 18.8 Å². The SMILES string of the molecule is CCC[C@@H](CCO)Nc1nc(N)nc2cnn(Cc3ccc(CN4CC(OC)C4)cc3)c12. The van der Waals surface area contributed by atoms with Crippen LogP contribution in [0.5, 0.6) is 0 Å². The largest absolute Gasteiger partial charge is 0.396 e. The van der Waals surface area contributed by atoms with Crippen LogP contribution in [-0.4, -0.2) is 68.7 Å². The number of aliphatic hydroxyl groups is 1. The van der Waals surface area contributed by atoms with E-state index in [0.717, 1.165) is 43.6 Å². The fourth-order valence-electron chi connectivity index (χ4n) is 4.21. The van der Waals surface area contributed by atoms with Gasteiger partial charge in [-0.1, -0.05) is 37.6 Å². The third-order valence-corrected chi connectivity index (χ3v) is 5.98. The number of nitrogens with two attached hydrogens (primary N) is 1. The molecule has 3 heterocycles. The second-order valence-corrected chi connectivity index (χ2v) is 8.48. The van der Waals surface area contributed by atoms with Crippen LogP contribution in [0, 0.1) is 0 Å². The molecule has 4 N–H and O–H groups in total. The minimum Gasteiger partial charge on any atom is -0.396 e. The number of aromatic nitrogens is 4. The average Bonchev–Trinajstić information content (AvgIpc) is 3.14. The highest BCUT2D eigenvalue weighted by Crippen LogP contribution is 2.24. The van der Waals surface area contributed by atoms with Crippen molar-refractivity contribution in [1.29, 1.82) is 0 Å². The molecular formula is C23H33N7O2. The normalized spacial score (nSPS) is 15.7. The summed E-state index contributed by atoms with van der Waals surface area (Å²) in [5.74, 6) is 0.879. The Bertz CT molecular complexity index is 1010. The van der Waals surface area contributed by atoms with Crippen LogP contribution in [-0.2, 0) is 17.8 Å². The third-order valence-electron chi connectivity index (χ3n) is 5.98. The van der Waals surface area contributed by atoms with Crippen molar-refractivity contribution in [3.8, 4) is 0 Å². The highest BCUT2D eigenvalue weighted by Gasteiger charge is 2.25. The van der Waals surface area contributed by atoms with Crippen LogP contribution in [0.25, 0.3) is 11.0 Å². The fourth-order valence-corrected chi connectivity index (χ4v) is 4.21. The Labute approximate surface area is 188 Å². The van der Waals surface area contributed by atoms with E-state index in [9.17, 15) is 5.11 Å². The summed E-state index contributed by atoms with van der Waals surface area (Å²) >= 11 is 0. The van der Waals surface area contributed by atoms with Gasteiger partial charge in [0, 0.05) is 39.4 Å². The van der Waals surface area contributed by atoms with E-state index < -0.39 is 0 Å². The van der Waals surface area contributed by atoms with Gasteiger partial charge >= 0.3 is 0 Å². The van der Waals surface area contributed by atoms with Crippen molar-refractivity contribution in [2.75, 3.05) is 37.9 Å². The maximum atomic E-state index is 9.42. The molecule has 0 radical (unpaired) electrons. The Hall–Kier alpha value is -2.75. The van der Waals surface area contributed by atoms with E-state index in [1.165, 1.54) is 5.56 Å². The van der Waals surface area contributed by atoms with Gasteiger partial charge in [0.1, 0.15) is 11.0 Å². The standard InChI is InChI=1S/C23H33N7O2/c1-3-4-18(9-10-31)26-22-21-20(27-23(24)28-22)11-25-30(21)13-17-7-5-16(6-8-17)12-29-14-19(15-29)32-2/h5-8,11,18-19,31H,3-4,9-10,12-15H2,1-2H3,(H3,24,26,27,28)/t18-/m0/s1. The van der Waals surface area contributed by atoms with Gasteiger partial charge in [0.2, 0.25) is 5.95 Å². The molecule has 0 amide bonds. The molecule has 172 valence electrons. The van der Waals surface area contributed by atoms with Crippen LogP contribution < -0.4 is 11.1 Å². The monoisotopic (exact) mass is 439 g/mol. The first-order chi connectivity index (χ1) is 15.6. The Balaban J connectivity index is 1.50. The van der Waals surface area contributed by atoms with Gasteiger partial charge in [-0.25, -0.2) is 4.98 Å². The first-order valence-corrected chi connectivity index (χ1v) is 11.3. The summed E-state index contributed by atoms with van der Waals surface area (Å²) in [7, 11) is 1.77. The van der Waals surface area contributed by atoms with E-state index in [0.29, 0.717) is 30.4 Å². The molecule has 3 aromatic rings. The Morgan fingerprint density at radius 1 is 1.16 bits per heavy atom. The van der Waals surface area contributed by atoms with Crippen molar-refractivity contribution in [3.63, 3.8) is 0 Å². The molecule has 1 aliphatic heterocycles. The van der Waals surface area contributed by atoms with Crippen LogP contribution in [0.2, 0.25) is 0 Å². The fraction of sp³-hybridized carbons (Fsp3) is 0.522. The van der Waals surface area contributed by atoms with Crippen LogP contribution in [0.4, 0.5) is 11.8 Å².